The minimum Gasteiger partial charge on any atom is -0.496 e. The lowest BCUT2D eigenvalue weighted by molar-refractivity contribution is 0.111. The van der Waals surface area contributed by atoms with Gasteiger partial charge in [0.2, 0.25) is 0 Å². The number of aromatic nitrogens is 3. The molecule has 0 bridgehead atoms. The Balaban J connectivity index is 2.47. The summed E-state index contributed by atoms with van der Waals surface area (Å²) in [5.41, 5.74) is 1.90. The number of carbonyl (C=O) groups excluding carboxylic acids is 1. The molecule has 1 aromatic heterocycles. The summed E-state index contributed by atoms with van der Waals surface area (Å²) in [6.45, 7) is 5.03. The van der Waals surface area contributed by atoms with Crippen molar-refractivity contribution in [1.29, 1.82) is 0 Å². The molecule has 2 aromatic rings. The van der Waals surface area contributed by atoms with E-state index in [9.17, 15) is 4.79 Å². The first-order valence-electron chi connectivity index (χ1n) is 6.69. The van der Waals surface area contributed by atoms with E-state index < -0.39 is 0 Å². The first-order valence-corrected chi connectivity index (χ1v) is 6.69. The lowest BCUT2D eigenvalue weighted by atomic mass is 10.1. The number of rotatable bonds is 6. The summed E-state index contributed by atoms with van der Waals surface area (Å²) in [5.74, 6) is 1.27. The second-order valence-corrected chi connectivity index (χ2v) is 5.05. The summed E-state index contributed by atoms with van der Waals surface area (Å²) in [7, 11) is 1.61. The van der Waals surface area contributed by atoms with Crippen LogP contribution in [0.25, 0.3) is 11.3 Å². The highest BCUT2D eigenvalue weighted by molar-refractivity contribution is 5.85. The highest BCUT2D eigenvalue weighted by Crippen LogP contribution is 2.31. The molecule has 0 N–H and O–H groups in total. The van der Waals surface area contributed by atoms with Gasteiger partial charge in [0.25, 0.3) is 0 Å². The fourth-order valence-electron chi connectivity index (χ4n) is 2.06. The quantitative estimate of drug-likeness (QED) is 0.759. The molecule has 106 valence electrons. The maximum atomic E-state index is 11.2. The summed E-state index contributed by atoms with van der Waals surface area (Å²) in [5, 5.41) is 8.04. The van der Waals surface area contributed by atoms with Crippen molar-refractivity contribution in [2.45, 2.75) is 26.8 Å². The summed E-state index contributed by atoms with van der Waals surface area (Å²) >= 11 is 0. The zero-order valence-electron chi connectivity index (χ0n) is 12.0. The third kappa shape index (κ3) is 2.87. The highest BCUT2D eigenvalue weighted by Gasteiger charge is 2.17. The standard InChI is InChI=1S/C15H19N3O2/c1-11(2)8-9-18-15(13(10-19)16-17-18)12-6-4-5-7-14(12)20-3/h4-7,10-11H,8-9H2,1-3H3. The Hall–Kier alpha value is -2.17. The van der Waals surface area contributed by atoms with Crippen LogP contribution >= 0.6 is 0 Å². The van der Waals surface area contributed by atoms with Gasteiger partial charge in [-0.25, -0.2) is 4.68 Å². The van der Waals surface area contributed by atoms with Crippen molar-refractivity contribution in [1.82, 2.24) is 15.0 Å². The molecule has 0 saturated carbocycles. The SMILES string of the molecule is COc1ccccc1-c1c(C=O)nnn1CCC(C)C. The van der Waals surface area contributed by atoms with Crippen LogP contribution in [0.2, 0.25) is 0 Å². The van der Waals surface area contributed by atoms with Crippen LogP contribution in [0.1, 0.15) is 30.8 Å². The van der Waals surface area contributed by atoms with Gasteiger partial charge in [0.15, 0.2) is 12.0 Å². The molecule has 0 aliphatic heterocycles. The molecule has 0 fully saturated rings. The van der Waals surface area contributed by atoms with Gasteiger partial charge in [0.1, 0.15) is 11.4 Å². The number of benzene rings is 1. The molecule has 0 spiro atoms. The number of hydrogen-bond acceptors (Lipinski definition) is 4. The molecule has 0 aliphatic carbocycles. The summed E-state index contributed by atoms with van der Waals surface area (Å²) in [4.78, 5) is 11.2. The second kappa shape index (κ2) is 6.32. The molecular weight excluding hydrogens is 254 g/mol. The second-order valence-electron chi connectivity index (χ2n) is 5.05. The van der Waals surface area contributed by atoms with Gasteiger partial charge in [-0.3, -0.25) is 4.79 Å². The Morgan fingerprint density at radius 1 is 1.35 bits per heavy atom. The van der Waals surface area contributed by atoms with Gasteiger partial charge in [0, 0.05) is 12.1 Å². The number of ether oxygens (including phenoxy) is 1. The molecule has 20 heavy (non-hydrogen) atoms. The van der Waals surface area contributed by atoms with E-state index in [1.54, 1.807) is 11.8 Å². The number of carbonyl (C=O) groups is 1. The monoisotopic (exact) mass is 273 g/mol. The van der Waals surface area contributed by atoms with E-state index in [2.05, 4.69) is 24.2 Å². The van der Waals surface area contributed by atoms with Crippen molar-refractivity contribution in [3.63, 3.8) is 0 Å². The van der Waals surface area contributed by atoms with Crippen LogP contribution in [-0.2, 0) is 6.54 Å². The molecule has 0 saturated heterocycles. The van der Waals surface area contributed by atoms with Crippen molar-refractivity contribution in [2.75, 3.05) is 7.11 Å². The van der Waals surface area contributed by atoms with Gasteiger partial charge in [0.05, 0.1) is 7.11 Å². The van der Waals surface area contributed by atoms with Crippen molar-refractivity contribution in [3.8, 4) is 17.0 Å². The molecule has 0 aliphatic rings. The lowest BCUT2D eigenvalue weighted by Crippen LogP contribution is -2.06. The van der Waals surface area contributed by atoms with Gasteiger partial charge < -0.3 is 4.74 Å². The zero-order chi connectivity index (χ0) is 14.5. The molecule has 0 amide bonds. The third-order valence-corrected chi connectivity index (χ3v) is 3.15. The average molecular weight is 273 g/mol. The third-order valence-electron chi connectivity index (χ3n) is 3.15. The van der Waals surface area contributed by atoms with Crippen LogP contribution in [-0.4, -0.2) is 28.4 Å². The van der Waals surface area contributed by atoms with E-state index in [1.807, 2.05) is 24.3 Å². The predicted octanol–water partition coefficient (Wildman–Crippen LogP) is 2.81. The molecule has 1 heterocycles. The van der Waals surface area contributed by atoms with Gasteiger partial charge in [-0.1, -0.05) is 31.2 Å². The van der Waals surface area contributed by atoms with Crippen LogP contribution in [0.15, 0.2) is 24.3 Å². The predicted molar refractivity (Wildman–Crippen MR) is 76.9 cm³/mol. The van der Waals surface area contributed by atoms with Crippen molar-refractivity contribution >= 4 is 6.29 Å². The van der Waals surface area contributed by atoms with E-state index in [0.717, 1.165) is 30.5 Å². The zero-order valence-corrected chi connectivity index (χ0v) is 12.0. The van der Waals surface area contributed by atoms with E-state index in [4.69, 9.17) is 4.74 Å². The summed E-state index contributed by atoms with van der Waals surface area (Å²) in [6, 6.07) is 7.58. The molecule has 2 rings (SSSR count). The number of nitrogens with zero attached hydrogens (tertiary/aromatic N) is 3. The van der Waals surface area contributed by atoms with E-state index >= 15 is 0 Å². The molecule has 0 atom stereocenters. The summed E-state index contributed by atoms with van der Waals surface area (Å²) < 4.78 is 7.14. The maximum absolute atomic E-state index is 11.2. The Labute approximate surface area is 118 Å². The Bertz CT molecular complexity index is 591. The number of aldehydes is 1. The number of para-hydroxylation sites is 1. The Kier molecular flexibility index (Phi) is 4.50. The van der Waals surface area contributed by atoms with Crippen LogP contribution in [0.4, 0.5) is 0 Å². The molecule has 0 unspecified atom stereocenters. The average Bonchev–Trinajstić information content (AvgIpc) is 2.87. The van der Waals surface area contributed by atoms with Crippen molar-refractivity contribution in [3.05, 3.63) is 30.0 Å². The van der Waals surface area contributed by atoms with Crippen molar-refractivity contribution in [2.24, 2.45) is 5.92 Å². The van der Waals surface area contributed by atoms with Crippen LogP contribution in [0.3, 0.4) is 0 Å². The first kappa shape index (κ1) is 14.2. The summed E-state index contributed by atoms with van der Waals surface area (Å²) in [6.07, 6.45) is 1.71. The van der Waals surface area contributed by atoms with Gasteiger partial charge in [-0.05, 0) is 24.5 Å². The van der Waals surface area contributed by atoms with Crippen molar-refractivity contribution < 1.29 is 9.53 Å². The minimum atomic E-state index is 0.346. The van der Waals surface area contributed by atoms with Gasteiger partial charge in [-0.15, -0.1) is 5.10 Å². The largest absolute Gasteiger partial charge is 0.496 e. The van der Waals surface area contributed by atoms with E-state index in [0.29, 0.717) is 17.4 Å². The number of hydrogen-bond donors (Lipinski definition) is 0. The number of methoxy groups -OCH3 is 1. The Morgan fingerprint density at radius 2 is 2.10 bits per heavy atom. The highest BCUT2D eigenvalue weighted by atomic mass is 16.5. The van der Waals surface area contributed by atoms with Crippen LogP contribution in [0.5, 0.6) is 5.75 Å². The fourth-order valence-corrected chi connectivity index (χ4v) is 2.06. The van der Waals surface area contributed by atoms with Gasteiger partial charge in [-0.2, -0.15) is 0 Å². The first-order chi connectivity index (χ1) is 9.67. The molecule has 1 aromatic carbocycles. The molecule has 5 heteroatoms. The number of aryl methyl sites for hydroxylation is 1. The van der Waals surface area contributed by atoms with Gasteiger partial charge >= 0.3 is 0 Å². The fraction of sp³-hybridized carbons (Fsp3) is 0.400. The Morgan fingerprint density at radius 3 is 2.75 bits per heavy atom. The van der Waals surface area contributed by atoms with Crippen LogP contribution < -0.4 is 4.74 Å². The normalized spacial score (nSPS) is 10.8. The van der Waals surface area contributed by atoms with Crippen LogP contribution in [0, 0.1) is 5.92 Å². The van der Waals surface area contributed by atoms with E-state index in [-0.39, 0.29) is 0 Å². The molecule has 5 nitrogen and oxygen atoms in total. The lowest BCUT2D eigenvalue weighted by Gasteiger charge is -2.11. The van der Waals surface area contributed by atoms with E-state index in [1.165, 1.54) is 0 Å². The maximum Gasteiger partial charge on any atom is 0.172 e. The topological polar surface area (TPSA) is 57.0 Å². The minimum absolute atomic E-state index is 0.346. The smallest absolute Gasteiger partial charge is 0.172 e. The molecular formula is C15H19N3O2. The molecule has 0 radical (unpaired) electrons.